The van der Waals surface area contributed by atoms with Crippen molar-refractivity contribution in [3.05, 3.63) is 58.9 Å². The van der Waals surface area contributed by atoms with Crippen LogP contribution in [-0.2, 0) is 21.4 Å². The summed E-state index contributed by atoms with van der Waals surface area (Å²) in [4.78, 5) is 20.5. The molecule has 1 amide bonds. The molecule has 0 spiro atoms. The molecule has 0 atom stereocenters. The molecule has 1 aliphatic rings. The van der Waals surface area contributed by atoms with Crippen LogP contribution in [0.15, 0.2) is 35.4 Å². The molecule has 2 aromatic heterocycles. The van der Waals surface area contributed by atoms with Crippen LogP contribution in [0.1, 0.15) is 46.6 Å². The van der Waals surface area contributed by atoms with Crippen molar-refractivity contribution in [1.82, 2.24) is 20.2 Å². The number of carbonyl (C=O) groups excluding carboxylic acids is 1. The molecule has 1 saturated carbocycles. The van der Waals surface area contributed by atoms with Gasteiger partial charge in [0.2, 0.25) is 0 Å². The maximum atomic E-state index is 14.8. The Kier molecular flexibility index (Phi) is 6.79. The number of carbonyl (C=O) groups is 1. The number of nitrogens with one attached hydrogen (secondary N) is 1. The molecule has 0 unspecified atom stereocenters. The van der Waals surface area contributed by atoms with Gasteiger partial charge < -0.3 is 10.1 Å². The van der Waals surface area contributed by atoms with Gasteiger partial charge in [0.25, 0.3) is 23.6 Å². The van der Waals surface area contributed by atoms with Crippen LogP contribution in [0, 0.1) is 24.2 Å². The SMILES string of the molecule is Cc1c(C(F)(F)F)nnc(Oc2ncc(C3(C#N)CCC3)nc2F)c1C(=O)Nc1cccc(S(C)(=O)=O)c1. The van der Waals surface area contributed by atoms with Crippen LogP contribution >= 0.6 is 0 Å². The third-order valence-electron chi connectivity index (χ3n) is 6.00. The summed E-state index contributed by atoms with van der Waals surface area (Å²) in [6.07, 6.45) is -1.25. The Hall–Kier alpha value is -4.19. The number of halogens is 4. The second-order valence-electron chi connectivity index (χ2n) is 8.61. The number of hydrogen-bond donors (Lipinski definition) is 1. The van der Waals surface area contributed by atoms with Crippen molar-refractivity contribution < 1.29 is 35.5 Å². The van der Waals surface area contributed by atoms with E-state index in [0.29, 0.717) is 12.8 Å². The topological polar surface area (TPSA) is 148 Å². The molecule has 10 nitrogen and oxygen atoms in total. The number of ether oxygens (including phenoxy) is 1. The van der Waals surface area contributed by atoms with Gasteiger partial charge in [-0.3, -0.25) is 4.79 Å². The highest BCUT2D eigenvalue weighted by Crippen LogP contribution is 2.42. The zero-order chi connectivity index (χ0) is 27.9. The van der Waals surface area contributed by atoms with Crippen molar-refractivity contribution in [3.8, 4) is 17.8 Å². The fourth-order valence-electron chi connectivity index (χ4n) is 3.81. The highest BCUT2D eigenvalue weighted by atomic mass is 32.2. The lowest BCUT2D eigenvalue weighted by molar-refractivity contribution is -0.142. The number of nitrogens with zero attached hydrogens (tertiary/aromatic N) is 5. The maximum Gasteiger partial charge on any atom is 0.435 e. The molecule has 0 saturated heterocycles. The van der Waals surface area contributed by atoms with E-state index in [-0.39, 0.29) is 16.3 Å². The quantitative estimate of drug-likeness (QED) is 0.447. The van der Waals surface area contributed by atoms with Crippen LogP contribution in [-0.4, -0.2) is 40.7 Å². The van der Waals surface area contributed by atoms with E-state index in [9.17, 15) is 36.0 Å². The smallest absolute Gasteiger partial charge is 0.414 e. The first kappa shape index (κ1) is 26.9. The first-order valence-corrected chi connectivity index (χ1v) is 12.8. The lowest BCUT2D eigenvalue weighted by Gasteiger charge is -2.34. The standard InChI is InChI=1S/C23H18F4N6O4S/c1-12-16(19(34)30-13-5-3-6-14(9-13)38(2,35)36)20(33-32-17(12)23(25,26)27)37-21-18(24)31-15(10-29-21)22(11-28)7-4-8-22/h3,5-6,9-10H,4,7-8H2,1-2H3,(H,30,34). The maximum absolute atomic E-state index is 14.8. The number of sulfone groups is 1. The Morgan fingerprint density at radius 1 is 1.21 bits per heavy atom. The molecule has 1 fully saturated rings. The lowest BCUT2D eigenvalue weighted by atomic mass is 9.68. The van der Waals surface area contributed by atoms with Crippen molar-refractivity contribution in [3.63, 3.8) is 0 Å². The Morgan fingerprint density at radius 3 is 2.47 bits per heavy atom. The van der Waals surface area contributed by atoms with E-state index < -0.39 is 61.9 Å². The van der Waals surface area contributed by atoms with Gasteiger partial charge in [0.1, 0.15) is 11.0 Å². The van der Waals surface area contributed by atoms with Gasteiger partial charge in [-0.15, -0.1) is 10.2 Å². The molecule has 2 heterocycles. The van der Waals surface area contributed by atoms with E-state index in [1.54, 1.807) is 0 Å². The summed E-state index contributed by atoms with van der Waals surface area (Å²) >= 11 is 0. The van der Waals surface area contributed by atoms with Gasteiger partial charge in [0.05, 0.1) is 22.9 Å². The number of aromatic nitrogens is 4. The molecular weight excluding hydrogens is 532 g/mol. The second kappa shape index (κ2) is 9.60. The van der Waals surface area contributed by atoms with Crippen molar-refractivity contribution in [2.24, 2.45) is 0 Å². The lowest BCUT2D eigenvalue weighted by Crippen LogP contribution is -2.33. The van der Waals surface area contributed by atoms with E-state index in [4.69, 9.17) is 4.74 Å². The number of benzene rings is 1. The molecule has 1 aliphatic carbocycles. The van der Waals surface area contributed by atoms with Crippen molar-refractivity contribution in [2.45, 2.75) is 42.7 Å². The van der Waals surface area contributed by atoms with Crippen molar-refractivity contribution >= 4 is 21.4 Å². The van der Waals surface area contributed by atoms with Crippen LogP contribution in [0.3, 0.4) is 0 Å². The van der Waals surface area contributed by atoms with Gasteiger partial charge in [0, 0.05) is 11.9 Å². The molecule has 38 heavy (non-hydrogen) atoms. The van der Waals surface area contributed by atoms with Crippen LogP contribution in [0.5, 0.6) is 11.8 Å². The Labute approximate surface area is 213 Å². The summed E-state index contributed by atoms with van der Waals surface area (Å²) in [5.41, 5.74) is -3.86. The minimum Gasteiger partial charge on any atom is -0.414 e. The van der Waals surface area contributed by atoms with E-state index in [2.05, 4.69) is 31.6 Å². The molecule has 3 aromatic rings. The van der Waals surface area contributed by atoms with E-state index in [1.807, 2.05) is 0 Å². The third-order valence-corrected chi connectivity index (χ3v) is 7.11. The fourth-order valence-corrected chi connectivity index (χ4v) is 4.47. The van der Waals surface area contributed by atoms with Crippen molar-refractivity contribution in [2.75, 3.05) is 11.6 Å². The molecule has 1 aromatic carbocycles. The number of amides is 1. The van der Waals surface area contributed by atoms with Gasteiger partial charge in [-0.25, -0.2) is 18.4 Å². The predicted octanol–water partition coefficient (Wildman–Crippen LogP) is 4.13. The van der Waals surface area contributed by atoms with Gasteiger partial charge >= 0.3 is 6.18 Å². The normalized spacial score (nSPS) is 14.8. The van der Waals surface area contributed by atoms with Gasteiger partial charge in [0.15, 0.2) is 15.5 Å². The minimum absolute atomic E-state index is 0.0497. The molecular formula is C23H18F4N6O4S. The van der Waals surface area contributed by atoms with E-state index >= 15 is 0 Å². The summed E-state index contributed by atoms with van der Waals surface area (Å²) in [5.74, 6) is -4.03. The summed E-state index contributed by atoms with van der Waals surface area (Å²) < 4.78 is 84.2. The molecule has 4 rings (SSSR count). The highest BCUT2D eigenvalue weighted by Gasteiger charge is 2.42. The fraction of sp³-hybridized carbons (Fsp3) is 0.304. The molecule has 1 N–H and O–H groups in total. The summed E-state index contributed by atoms with van der Waals surface area (Å²) in [5, 5.41) is 18.2. The molecule has 0 radical (unpaired) electrons. The minimum atomic E-state index is -4.98. The van der Waals surface area contributed by atoms with Crippen LogP contribution in [0.4, 0.5) is 23.2 Å². The number of nitriles is 1. The zero-order valence-corrected chi connectivity index (χ0v) is 20.6. The number of rotatable bonds is 6. The largest absolute Gasteiger partial charge is 0.435 e. The Bertz CT molecular complexity index is 1580. The number of alkyl halides is 3. The van der Waals surface area contributed by atoms with Crippen LogP contribution in [0.2, 0.25) is 0 Å². The average molecular weight is 550 g/mol. The number of anilines is 1. The zero-order valence-electron chi connectivity index (χ0n) is 19.8. The van der Waals surface area contributed by atoms with Crippen LogP contribution in [0.25, 0.3) is 0 Å². The molecule has 0 aliphatic heterocycles. The summed E-state index contributed by atoms with van der Waals surface area (Å²) in [6, 6.07) is 7.11. The Balaban J connectivity index is 1.73. The van der Waals surface area contributed by atoms with Gasteiger partial charge in [-0.1, -0.05) is 6.07 Å². The van der Waals surface area contributed by atoms with E-state index in [0.717, 1.165) is 31.9 Å². The van der Waals surface area contributed by atoms with Gasteiger partial charge in [-0.05, 0) is 49.9 Å². The average Bonchev–Trinajstić information content (AvgIpc) is 2.79. The van der Waals surface area contributed by atoms with Gasteiger partial charge in [-0.2, -0.15) is 22.8 Å². The molecule has 198 valence electrons. The first-order chi connectivity index (χ1) is 17.7. The summed E-state index contributed by atoms with van der Waals surface area (Å²) in [6.45, 7) is 0.949. The highest BCUT2D eigenvalue weighted by molar-refractivity contribution is 7.90. The number of hydrogen-bond acceptors (Lipinski definition) is 9. The molecule has 0 bridgehead atoms. The monoisotopic (exact) mass is 550 g/mol. The summed E-state index contributed by atoms with van der Waals surface area (Å²) in [7, 11) is -3.65. The Morgan fingerprint density at radius 2 is 1.92 bits per heavy atom. The van der Waals surface area contributed by atoms with Crippen LogP contribution < -0.4 is 10.1 Å². The predicted molar refractivity (Wildman–Crippen MR) is 122 cm³/mol. The first-order valence-electron chi connectivity index (χ1n) is 10.9. The molecule has 15 heteroatoms. The second-order valence-corrected chi connectivity index (χ2v) is 10.6. The van der Waals surface area contributed by atoms with E-state index in [1.165, 1.54) is 18.2 Å². The van der Waals surface area contributed by atoms with Crippen molar-refractivity contribution in [1.29, 1.82) is 5.26 Å². The third kappa shape index (κ3) is 5.12.